The molecule has 0 fully saturated rings. The molecular weight excluding hydrogens is 204 g/mol. The van der Waals surface area contributed by atoms with Gasteiger partial charge in [0.05, 0.1) is 18.8 Å². The summed E-state index contributed by atoms with van der Waals surface area (Å²) < 4.78 is 10.4. The molecule has 0 aliphatic heterocycles. The predicted octanol–water partition coefficient (Wildman–Crippen LogP) is 2.69. The first-order valence-electron chi connectivity index (χ1n) is 5.53. The lowest BCUT2D eigenvalue weighted by Gasteiger charge is -2.09. The summed E-state index contributed by atoms with van der Waals surface area (Å²) >= 11 is 0. The fourth-order valence-corrected chi connectivity index (χ4v) is 1.36. The van der Waals surface area contributed by atoms with Gasteiger partial charge >= 0.3 is 0 Å². The molecule has 0 aliphatic rings. The van der Waals surface area contributed by atoms with Gasteiger partial charge in [0.2, 0.25) is 0 Å². The maximum Gasteiger partial charge on any atom is 0.168 e. The second-order valence-corrected chi connectivity index (χ2v) is 3.51. The molecule has 0 bridgehead atoms. The van der Waals surface area contributed by atoms with Crippen LogP contribution in [0, 0.1) is 0 Å². The molecule has 0 saturated heterocycles. The molecule has 0 atom stereocenters. The highest BCUT2D eigenvalue weighted by Gasteiger charge is 2.11. The number of carbonyl (C=O) groups is 1. The van der Waals surface area contributed by atoms with Crippen LogP contribution in [0.4, 0.5) is 0 Å². The van der Waals surface area contributed by atoms with Crippen molar-refractivity contribution in [3.05, 3.63) is 29.8 Å². The van der Waals surface area contributed by atoms with Crippen LogP contribution in [0.1, 0.15) is 30.1 Å². The highest BCUT2D eigenvalue weighted by Crippen LogP contribution is 2.19. The molecule has 3 heteroatoms. The van der Waals surface area contributed by atoms with Crippen molar-refractivity contribution in [3.8, 4) is 5.75 Å². The van der Waals surface area contributed by atoms with E-state index in [4.69, 9.17) is 9.47 Å². The first kappa shape index (κ1) is 12.7. The van der Waals surface area contributed by atoms with Crippen molar-refractivity contribution in [1.82, 2.24) is 0 Å². The Kier molecular flexibility index (Phi) is 5.57. The van der Waals surface area contributed by atoms with E-state index < -0.39 is 0 Å². The number of methoxy groups -OCH3 is 1. The van der Waals surface area contributed by atoms with E-state index in [0.29, 0.717) is 30.9 Å². The average Bonchev–Trinajstić information content (AvgIpc) is 2.33. The first-order valence-corrected chi connectivity index (χ1v) is 5.53. The molecule has 0 aromatic heterocycles. The smallest absolute Gasteiger partial charge is 0.168 e. The lowest BCUT2D eigenvalue weighted by molar-refractivity contribution is 0.0928. The van der Waals surface area contributed by atoms with Crippen LogP contribution in [-0.4, -0.2) is 26.1 Å². The Morgan fingerprint density at radius 3 is 2.69 bits per heavy atom. The Balaban J connectivity index is 2.73. The zero-order chi connectivity index (χ0) is 11.8. The van der Waals surface area contributed by atoms with Gasteiger partial charge < -0.3 is 9.47 Å². The largest absolute Gasteiger partial charge is 0.493 e. The summed E-state index contributed by atoms with van der Waals surface area (Å²) in [5, 5.41) is 0. The van der Waals surface area contributed by atoms with Gasteiger partial charge in [-0.05, 0) is 18.6 Å². The molecule has 0 N–H and O–H groups in total. The van der Waals surface area contributed by atoms with Crippen molar-refractivity contribution in [2.24, 2.45) is 0 Å². The molecule has 0 spiro atoms. The third-order valence-electron chi connectivity index (χ3n) is 2.18. The highest BCUT2D eigenvalue weighted by atomic mass is 16.5. The third kappa shape index (κ3) is 3.66. The van der Waals surface area contributed by atoms with Gasteiger partial charge in [-0.3, -0.25) is 4.79 Å². The monoisotopic (exact) mass is 222 g/mol. The Bertz CT molecular complexity index is 334. The zero-order valence-electron chi connectivity index (χ0n) is 9.86. The minimum absolute atomic E-state index is 0.0635. The average molecular weight is 222 g/mol. The Hall–Kier alpha value is -1.35. The summed E-state index contributed by atoms with van der Waals surface area (Å²) in [7, 11) is 1.59. The second kappa shape index (κ2) is 7.01. The minimum atomic E-state index is 0.0635. The SMILES string of the molecule is CCCOc1ccccc1C(=O)CCOC. The Morgan fingerprint density at radius 1 is 1.25 bits per heavy atom. The molecule has 16 heavy (non-hydrogen) atoms. The molecule has 0 unspecified atom stereocenters. The number of rotatable bonds is 7. The maximum atomic E-state index is 11.8. The Labute approximate surface area is 96.4 Å². The van der Waals surface area contributed by atoms with Crippen molar-refractivity contribution in [2.45, 2.75) is 19.8 Å². The van der Waals surface area contributed by atoms with E-state index in [1.54, 1.807) is 13.2 Å². The van der Waals surface area contributed by atoms with Crippen molar-refractivity contribution in [1.29, 1.82) is 0 Å². The Morgan fingerprint density at radius 2 is 2.00 bits per heavy atom. The van der Waals surface area contributed by atoms with Crippen molar-refractivity contribution in [3.63, 3.8) is 0 Å². The van der Waals surface area contributed by atoms with E-state index in [2.05, 4.69) is 0 Å². The van der Waals surface area contributed by atoms with Crippen molar-refractivity contribution < 1.29 is 14.3 Å². The molecular formula is C13H18O3. The van der Waals surface area contributed by atoms with Gasteiger partial charge in [-0.1, -0.05) is 19.1 Å². The zero-order valence-corrected chi connectivity index (χ0v) is 9.86. The van der Waals surface area contributed by atoms with E-state index in [-0.39, 0.29) is 5.78 Å². The fraction of sp³-hybridized carbons (Fsp3) is 0.462. The molecule has 3 nitrogen and oxygen atoms in total. The lowest BCUT2D eigenvalue weighted by Crippen LogP contribution is -2.07. The standard InChI is InChI=1S/C13H18O3/c1-3-9-16-13-7-5-4-6-11(13)12(14)8-10-15-2/h4-7H,3,8-10H2,1-2H3. The molecule has 0 aliphatic carbocycles. The molecule has 0 heterocycles. The molecule has 0 radical (unpaired) electrons. The van der Waals surface area contributed by atoms with Gasteiger partial charge in [-0.2, -0.15) is 0 Å². The van der Waals surface area contributed by atoms with Gasteiger partial charge in [0.15, 0.2) is 5.78 Å². The van der Waals surface area contributed by atoms with Crippen LogP contribution in [0.5, 0.6) is 5.75 Å². The van der Waals surface area contributed by atoms with Gasteiger partial charge in [0.1, 0.15) is 5.75 Å². The molecule has 1 aromatic rings. The topological polar surface area (TPSA) is 35.5 Å². The van der Waals surface area contributed by atoms with E-state index in [0.717, 1.165) is 6.42 Å². The number of ether oxygens (including phenoxy) is 2. The normalized spacial score (nSPS) is 10.1. The summed E-state index contributed by atoms with van der Waals surface area (Å²) in [6, 6.07) is 7.34. The van der Waals surface area contributed by atoms with Gasteiger partial charge in [0.25, 0.3) is 0 Å². The molecule has 0 saturated carbocycles. The third-order valence-corrected chi connectivity index (χ3v) is 2.18. The van der Waals surface area contributed by atoms with Crippen LogP contribution in [0.3, 0.4) is 0 Å². The highest BCUT2D eigenvalue weighted by molar-refractivity contribution is 5.98. The fourth-order valence-electron chi connectivity index (χ4n) is 1.36. The van der Waals surface area contributed by atoms with Gasteiger partial charge in [-0.15, -0.1) is 0 Å². The van der Waals surface area contributed by atoms with Crippen LogP contribution in [0.15, 0.2) is 24.3 Å². The second-order valence-electron chi connectivity index (χ2n) is 3.51. The summed E-state index contributed by atoms with van der Waals surface area (Å²) in [6.07, 6.45) is 1.32. The molecule has 88 valence electrons. The van der Waals surface area contributed by atoms with E-state index in [9.17, 15) is 4.79 Å². The number of Topliss-reactive ketones (excluding diaryl/α,β-unsaturated/α-hetero) is 1. The number of ketones is 1. The van der Waals surface area contributed by atoms with E-state index in [1.165, 1.54) is 0 Å². The van der Waals surface area contributed by atoms with Crippen molar-refractivity contribution in [2.75, 3.05) is 20.3 Å². The maximum absolute atomic E-state index is 11.8. The van der Waals surface area contributed by atoms with Crippen LogP contribution in [-0.2, 0) is 4.74 Å². The molecule has 1 aromatic carbocycles. The summed E-state index contributed by atoms with van der Waals surface area (Å²) in [4.78, 5) is 11.8. The number of hydrogen-bond acceptors (Lipinski definition) is 3. The lowest BCUT2D eigenvalue weighted by atomic mass is 10.1. The van der Waals surface area contributed by atoms with Crippen molar-refractivity contribution >= 4 is 5.78 Å². The first-order chi connectivity index (χ1) is 7.79. The summed E-state index contributed by atoms with van der Waals surface area (Å²) in [5.41, 5.74) is 0.646. The van der Waals surface area contributed by atoms with E-state index in [1.807, 2.05) is 25.1 Å². The molecule has 1 rings (SSSR count). The van der Waals surface area contributed by atoms with Crippen LogP contribution in [0.25, 0.3) is 0 Å². The quantitative estimate of drug-likeness (QED) is 0.665. The molecule has 0 amide bonds. The van der Waals surface area contributed by atoms with Crippen LogP contribution in [0.2, 0.25) is 0 Å². The predicted molar refractivity (Wildman–Crippen MR) is 63.1 cm³/mol. The minimum Gasteiger partial charge on any atom is -0.493 e. The summed E-state index contributed by atoms with van der Waals surface area (Å²) in [6.45, 7) is 3.12. The summed E-state index contributed by atoms with van der Waals surface area (Å²) in [5.74, 6) is 0.735. The van der Waals surface area contributed by atoms with Crippen LogP contribution < -0.4 is 4.74 Å². The number of hydrogen-bond donors (Lipinski definition) is 0. The number of para-hydroxylation sites is 1. The number of benzene rings is 1. The number of carbonyl (C=O) groups excluding carboxylic acids is 1. The van der Waals surface area contributed by atoms with E-state index >= 15 is 0 Å². The van der Waals surface area contributed by atoms with Crippen LogP contribution >= 0.6 is 0 Å². The van der Waals surface area contributed by atoms with Gasteiger partial charge in [0, 0.05) is 13.5 Å². The van der Waals surface area contributed by atoms with Gasteiger partial charge in [-0.25, -0.2) is 0 Å².